The van der Waals surface area contributed by atoms with E-state index in [-0.39, 0.29) is 4.90 Å². The monoisotopic (exact) mass is 372 g/mol. The molecule has 0 spiro atoms. The quantitative estimate of drug-likeness (QED) is 0.708. The fourth-order valence-electron chi connectivity index (χ4n) is 2.60. The molecule has 0 aliphatic carbocycles. The topological polar surface area (TPSA) is 103 Å². The molecule has 0 saturated carbocycles. The standard InChI is InChI=1S/C17H20N6O2S/c1-4-13-14(5-2)21-22-17(20-13)19-12-10-18-23(11-12)15-8-6-7-9-16(15)26(3,24)25/h6-11H,4-5H2,1-3H3,(H,19,20,22). The normalized spacial score (nSPS) is 11.5. The van der Waals surface area contributed by atoms with Crippen molar-refractivity contribution in [2.75, 3.05) is 11.6 Å². The molecule has 136 valence electrons. The van der Waals surface area contributed by atoms with Crippen LogP contribution in [-0.2, 0) is 22.7 Å². The van der Waals surface area contributed by atoms with Gasteiger partial charge in [0.25, 0.3) is 0 Å². The van der Waals surface area contributed by atoms with E-state index in [1.807, 2.05) is 13.8 Å². The molecule has 3 rings (SSSR count). The predicted octanol–water partition coefficient (Wildman–Crippen LogP) is 2.33. The van der Waals surface area contributed by atoms with Crippen LogP contribution in [0.3, 0.4) is 0 Å². The smallest absolute Gasteiger partial charge is 0.247 e. The molecule has 0 saturated heterocycles. The number of sulfone groups is 1. The molecule has 26 heavy (non-hydrogen) atoms. The van der Waals surface area contributed by atoms with E-state index >= 15 is 0 Å². The third-order valence-electron chi connectivity index (χ3n) is 3.86. The summed E-state index contributed by atoms with van der Waals surface area (Å²) >= 11 is 0. The van der Waals surface area contributed by atoms with E-state index in [1.54, 1.807) is 36.7 Å². The Morgan fingerprint density at radius 3 is 2.50 bits per heavy atom. The number of hydrogen-bond acceptors (Lipinski definition) is 7. The van der Waals surface area contributed by atoms with E-state index in [9.17, 15) is 8.42 Å². The van der Waals surface area contributed by atoms with Crippen LogP contribution in [0.5, 0.6) is 0 Å². The number of nitrogens with one attached hydrogen (secondary N) is 1. The van der Waals surface area contributed by atoms with Crippen LogP contribution in [0, 0.1) is 0 Å². The minimum absolute atomic E-state index is 0.216. The van der Waals surface area contributed by atoms with E-state index in [0.29, 0.717) is 17.3 Å². The van der Waals surface area contributed by atoms with Crippen molar-refractivity contribution >= 4 is 21.5 Å². The van der Waals surface area contributed by atoms with Gasteiger partial charge in [-0.3, -0.25) is 0 Å². The van der Waals surface area contributed by atoms with E-state index in [0.717, 1.165) is 24.2 Å². The fraction of sp³-hybridized carbons (Fsp3) is 0.294. The van der Waals surface area contributed by atoms with E-state index < -0.39 is 9.84 Å². The van der Waals surface area contributed by atoms with Crippen LogP contribution in [0.15, 0.2) is 41.6 Å². The third kappa shape index (κ3) is 3.72. The summed E-state index contributed by atoms with van der Waals surface area (Å²) in [6.45, 7) is 4.04. The molecule has 0 aliphatic rings. The number of para-hydroxylation sites is 1. The van der Waals surface area contributed by atoms with Gasteiger partial charge in [0.15, 0.2) is 9.84 Å². The molecule has 2 heterocycles. The summed E-state index contributed by atoms with van der Waals surface area (Å²) in [5.41, 5.74) is 2.91. The SMILES string of the molecule is CCc1nnc(Nc2cnn(-c3ccccc3S(C)(=O)=O)c2)nc1CC. The molecule has 0 unspecified atom stereocenters. The molecule has 8 nitrogen and oxygen atoms in total. The first kappa shape index (κ1) is 18.0. The zero-order valence-electron chi connectivity index (χ0n) is 14.8. The Morgan fingerprint density at radius 1 is 1.08 bits per heavy atom. The van der Waals surface area contributed by atoms with Crippen molar-refractivity contribution in [3.63, 3.8) is 0 Å². The van der Waals surface area contributed by atoms with E-state index in [4.69, 9.17) is 0 Å². The Bertz CT molecular complexity index is 1030. The molecule has 0 radical (unpaired) electrons. The molecule has 0 bridgehead atoms. The summed E-state index contributed by atoms with van der Waals surface area (Å²) in [6, 6.07) is 6.71. The molecule has 1 aromatic carbocycles. The zero-order valence-corrected chi connectivity index (χ0v) is 15.7. The first-order valence-electron chi connectivity index (χ1n) is 8.26. The molecule has 2 aromatic heterocycles. The van der Waals surface area contributed by atoms with Crippen LogP contribution >= 0.6 is 0 Å². The molecule has 1 N–H and O–H groups in total. The van der Waals surface area contributed by atoms with Gasteiger partial charge in [0.2, 0.25) is 5.95 Å². The summed E-state index contributed by atoms with van der Waals surface area (Å²) < 4.78 is 25.4. The molecule has 9 heteroatoms. The number of anilines is 2. The lowest BCUT2D eigenvalue weighted by molar-refractivity contribution is 0.600. The van der Waals surface area contributed by atoms with Gasteiger partial charge in [-0.2, -0.15) is 5.10 Å². The second-order valence-corrected chi connectivity index (χ2v) is 7.76. The largest absolute Gasteiger partial charge is 0.320 e. The van der Waals surface area contributed by atoms with Crippen LogP contribution in [-0.4, -0.2) is 39.6 Å². The highest BCUT2D eigenvalue weighted by Crippen LogP contribution is 2.21. The first-order chi connectivity index (χ1) is 12.4. The summed E-state index contributed by atoms with van der Waals surface area (Å²) in [5, 5.41) is 15.6. The van der Waals surface area contributed by atoms with Gasteiger partial charge in [-0.05, 0) is 25.0 Å². The van der Waals surface area contributed by atoms with Crippen molar-refractivity contribution < 1.29 is 8.42 Å². The second-order valence-electron chi connectivity index (χ2n) is 5.77. The molecule has 3 aromatic rings. The summed E-state index contributed by atoms with van der Waals surface area (Å²) in [6.07, 6.45) is 6.00. The maximum Gasteiger partial charge on any atom is 0.247 e. The first-order valence-corrected chi connectivity index (χ1v) is 10.1. The minimum atomic E-state index is -3.36. The molecule has 0 amide bonds. The Labute approximate surface area is 152 Å². The lowest BCUT2D eigenvalue weighted by Crippen LogP contribution is -2.06. The molecular formula is C17H20N6O2S. The van der Waals surface area contributed by atoms with E-state index in [1.165, 1.54) is 10.9 Å². The number of hydrogen-bond donors (Lipinski definition) is 1. The third-order valence-corrected chi connectivity index (χ3v) is 5.00. The minimum Gasteiger partial charge on any atom is -0.320 e. The number of nitrogens with zero attached hydrogens (tertiary/aromatic N) is 5. The summed E-state index contributed by atoms with van der Waals surface area (Å²) in [7, 11) is -3.36. The Balaban J connectivity index is 1.90. The van der Waals surface area contributed by atoms with Crippen molar-refractivity contribution in [1.82, 2.24) is 25.0 Å². The van der Waals surface area contributed by atoms with Gasteiger partial charge in [0, 0.05) is 6.26 Å². The van der Waals surface area contributed by atoms with Gasteiger partial charge >= 0.3 is 0 Å². The van der Waals surface area contributed by atoms with Gasteiger partial charge in [-0.1, -0.05) is 26.0 Å². The Kier molecular flexibility index (Phi) is 4.99. The average molecular weight is 372 g/mol. The van der Waals surface area contributed by atoms with Crippen LogP contribution < -0.4 is 5.32 Å². The highest BCUT2D eigenvalue weighted by Gasteiger charge is 2.15. The molecule has 0 fully saturated rings. The molecule has 0 atom stereocenters. The second kappa shape index (κ2) is 7.20. The van der Waals surface area contributed by atoms with Crippen molar-refractivity contribution in [3.05, 3.63) is 48.0 Å². The van der Waals surface area contributed by atoms with Crippen molar-refractivity contribution in [2.24, 2.45) is 0 Å². The summed E-state index contributed by atoms with van der Waals surface area (Å²) in [5.74, 6) is 0.384. The van der Waals surface area contributed by atoms with Crippen LogP contribution in [0.2, 0.25) is 0 Å². The van der Waals surface area contributed by atoms with Crippen molar-refractivity contribution in [3.8, 4) is 5.69 Å². The van der Waals surface area contributed by atoms with E-state index in [2.05, 4.69) is 25.6 Å². The van der Waals surface area contributed by atoms with Gasteiger partial charge in [-0.15, -0.1) is 10.2 Å². The fourth-order valence-corrected chi connectivity index (χ4v) is 3.47. The summed E-state index contributed by atoms with van der Waals surface area (Å²) in [4.78, 5) is 4.69. The average Bonchev–Trinajstić information content (AvgIpc) is 3.09. The van der Waals surface area contributed by atoms with Gasteiger partial charge < -0.3 is 5.32 Å². The lowest BCUT2D eigenvalue weighted by Gasteiger charge is -2.07. The zero-order chi connectivity index (χ0) is 18.7. The van der Waals surface area contributed by atoms with Crippen LogP contribution in [0.25, 0.3) is 5.69 Å². The van der Waals surface area contributed by atoms with Gasteiger partial charge in [0.1, 0.15) is 0 Å². The number of aryl methyl sites for hydroxylation is 2. The maximum atomic E-state index is 12.0. The number of rotatable bonds is 6. The van der Waals surface area contributed by atoms with Gasteiger partial charge in [-0.25, -0.2) is 18.1 Å². The molecular weight excluding hydrogens is 352 g/mol. The number of benzene rings is 1. The highest BCUT2D eigenvalue weighted by molar-refractivity contribution is 7.90. The maximum absolute atomic E-state index is 12.0. The Morgan fingerprint density at radius 2 is 1.81 bits per heavy atom. The van der Waals surface area contributed by atoms with Crippen LogP contribution in [0.4, 0.5) is 11.6 Å². The van der Waals surface area contributed by atoms with Crippen molar-refractivity contribution in [1.29, 1.82) is 0 Å². The highest BCUT2D eigenvalue weighted by atomic mass is 32.2. The van der Waals surface area contributed by atoms with Crippen LogP contribution in [0.1, 0.15) is 25.2 Å². The molecule has 0 aliphatic heterocycles. The van der Waals surface area contributed by atoms with Gasteiger partial charge in [0.05, 0.1) is 40.1 Å². The lowest BCUT2D eigenvalue weighted by atomic mass is 10.2. The number of aromatic nitrogens is 5. The van der Waals surface area contributed by atoms with Crippen molar-refractivity contribution in [2.45, 2.75) is 31.6 Å². The Hall–Kier alpha value is -2.81. The predicted molar refractivity (Wildman–Crippen MR) is 98.5 cm³/mol.